The molecule has 2 aromatic rings. The Bertz CT molecular complexity index is 556. The first-order valence-corrected chi connectivity index (χ1v) is 7.78. The quantitative estimate of drug-likeness (QED) is 0.827. The van der Waals surface area contributed by atoms with Gasteiger partial charge in [0.15, 0.2) is 5.82 Å². The minimum atomic E-state index is 0.213. The van der Waals surface area contributed by atoms with Crippen molar-refractivity contribution in [2.24, 2.45) is 0 Å². The summed E-state index contributed by atoms with van der Waals surface area (Å²) in [5.41, 5.74) is 1.26. The highest BCUT2D eigenvalue weighted by Crippen LogP contribution is 2.23. The van der Waals surface area contributed by atoms with E-state index in [-0.39, 0.29) is 5.92 Å². The average molecular weight is 291 g/mol. The number of hydrogen-bond donors (Lipinski definition) is 1. The molecule has 0 radical (unpaired) electrons. The average Bonchev–Trinajstić information content (AvgIpc) is 2.92. The van der Waals surface area contributed by atoms with Crippen molar-refractivity contribution >= 4 is 11.8 Å². The van der Waals surface area contributed by atoms with Gasteiger partial charge >= 0.3 is 0 Å². The topological polar surface area (TPSA) is 51.0 Å². The fraction of sp³-hybridized carbons (Fsp3) is 0.467. The highest BCUT2D eigenvalue weighted by atomic mass is 32.2. The summed E-state index contributed by atoms with van der Waals surface area (Å²) >= 11 is 1.73. The summed E-state index contributed by atoms with van der Waals surface area (Å²) in [5.74, 6) is 2.40. The zero-order chi connectivity index (χ0) is 14.5. The van der Waals surface area contributed by atoms with Crippen LogP contribution in [-0.4, -0.2) is 23.2 Å². The third-order valence-corrected chi connectivity index (χ3v) is 4.43. The molecule has 0 saturated carbocycles. The molecule has 0 fully saturated rings. The predicted molar refractivity (Wildman–Crippen MR) is 82.0 cm³/mol. The van der Waals surface area contributed by atoms with Gasteiger partial charge in [-0.25, -0.2) is 0 Å². The number of thioether (sulfide) groups is 1. The first-order chi connectivity index (χ1) is 9.60. The molecule has 0 aliphatic heterocycles. The van der Waals surface area contributed by atoms with Crippen molar-refractivity contribution in [3.63, 3.8) is 0 Å². The van der Waals surface area contributed by atoms with Gasteiger partial charge in [0.2, 0.25) is 5.89 Å². The summed E-state index contributed by atoms with van der Waals surface area (Å²) in [7, 11) is 1.94. The molecule has 1 aromatic heterocycles. The SMILES string of the molecule is CNC(C)C(C)c1nc(CSc2cccc(C)c2)no1. The molecule has 0 bridgehead atoms. The van der Waals surface area contributed by atoms with Crippen LogP contribution in [0, 0.1) is 6.92 Å². The van der Waals surface area contributed by atoms with E-state index in [0.717, 1.165) is 11.6 Å². The number of aryl methyl sites for hydroxylation is 1. The third kappa shape index (κ3) is 3.84. The van der Waals surface area contributed by atoms with Gasteiger partial charge in [-0.1, -0.05) is 29.8 Å². The Morgan fingerprint density at radius 1 is 1.35 bits per heavy atom. The Morgan fingerprint density at radius 2 is 2.15 bits per heavy atom. The molecule has 1 heterocycles. The molecule has 2 atom stereocenters. The molecule has 2 unspecified atom stereocenters. The van der Waals surface area contributed by atoms with Crippen LogP contribution in [0.4, 0.5) is 0 Å². The second-order valence-corrected chi connectivity index (χ2v) is 6.07. The standard InChI is InChI=1S/C15H21N3OS/c1-10-6-5-7-13(8-10)20-9-14-17-15(19-18-14)11(2)12(3)16-4/h5-8,11-12,16H,9H2,1-4H3. The van der Waals surface area contributed by atoms with E-state index in [0.29, 0.717) is 11.9 Å². The van der Waals surface area contributed by atoms with Gasteiger partial charge < -0.3 is 9.84 Å². The van der Waals surface area contributed by atoms with E-state index >= 15 is 0 Å². The maximum Gasteiger partial charge on any atom is 0.231 e. The van der Waals surface area contributed by atoms with Crippen LogP contribution < -0.4 is 5.32 Å². The number of hydrogen-bond acceptors (Lipinski definition) is 5. The van der Waals surface area contributed by atoms with E-state index < -0.39 is 0 Å². The lowest BCUT2D eigenvalue weighted by Gasteiger charge is -2.14. The van der Waals surface area contributed by atoms with Gasteiger partial charge in [0, 0.05) is 10.9 Å². The van der Waals surface area contributed by atoms with Crippen LogP contribution in [0.2, 0.25) is 0 Å². The Hall–Kier alpha value is -1.33. The largest absolute Gasteiger partial charge is 0.339 e. The zero-order valence-corrected chi connectivity index (χ0v) is 13.2. The maximum atomic E-state index is 5.35. The lowest BCUT2D eigenvalue weighted by Crippen LogP contribution is -2.27. The van der Waals surface area contributed by atoms with Crippen molar-refractivity contribution in [2.75, 3.05) is 7.05 Å². The van der Waals surface area contributed by atoms with Gasteiger partial charge in [-0.2, -0.15) is 4.98 Å². The number of likely N-dealkylation sites (N-methyl/N-ethyl adjacent to an activating group) is 1. The number of rotatable bonds is 6. The molecule has 0 spiro atoms. The summed E-state index contributed by atoms with van der Waals surface area (Å²) in [5, 5.41) is 7.26. The van der Waals surface area contributed by atoms with Crippen molar-refractivity contribution in [1.82, 2.24) is 15.5 Å². The van der Waals surface area contributed by atoms with Crippen LogP contribution in [0.3, 0.4) is 0 Å². The Morgan fingerprint density at radius 3 is 2.85 bits per heavy atom. The minimum absolute atomic E-state index is 0.213. The smallest absolute Gasteiger partial charge is 0.231 e. The number of nitrogens with zero attached hydrogens (tertiary/aromatic N) is 2. The van der Waals surface area contributed by atoms with Crippen molar-refractivity contribution in [2.45, 2.75) is 43.4 Å². The van der Waals surface area contributed by atoms with Crippen molar-refractivity contribution in [1.29, 1.82) is 0 Å². The molecule has 1 aromatic carbocycles. The molecule has 0 saturated heterocycles. The predicted octanol–water partition coefficient (Wildman–Crippen LogP) is 3.38. The molecule has 2 rings (SSSR count). The van der Waals surface area contributed by atoms with E-state index in [4.69, 9.17) is 4.52 Å². The monoisotopic (exact) mass is 291 g/mol. The van der Waals surface area contributed by atoms with Crippen molar-refractivity contribution < 1.29 is 4.52 Å². The zero-order valence-electron chi connectivity index (χ0n) is 12.4. The fourth-order valence-electron chi connectivity index (χ4n) is 1.83. The minimum Gasteiger partial charge on any atom is -0.339 e. The normalized spacial score (nSPS) is 14.2. The van der Waals surface area contributed by atoms with Gasteiger partial charge in [-0.3, -0.25) is 0 Å². The van der Waals surface area contributed by atoms with Crippen LogP contribution in [0.1, 0.15) is 37.0 Å². The Balaban J connectivity index is 1.96. The van der Waals surface area contributed by atoms with Crippen molar-refractivity contribution in [3.05, 3.63) is 41.5 Å². The molecule has 108 valence electrons. The first kappa shape index (κ1) is 15.1. The Kier molecular flexibility index (Phi) is 5.20. The van der Waals surface area contributed by atoms with E-state index in [9.17, 15) is 0 Å². The van der Waals surface area contributed by atoms with Crippen LogP contribution in [-0.2, 0) is 5.75 Å². The van der Waals surface area contributed by atoms with Crippen LogP contribution in [0.25, 0.3) is 0 Å². The van der Waals surface area contributed by atoms with Crippen LogP contribution >= 0.6 is 11.8 Å². The molecule has 5 heteroatoms. The fourth-order valence-corrected chi connectivity index (χ4v) is 2.68. The molecule has 1 N–H and O–H groups in total. The van der Waals surface area contributed by atoms with Gasteiger partial charge in [-0.05, 0) is 33.0 Å². The summed E-state index contributed by atoms with van der Waals surface area (Å²) in [6.07, 6.45) is 0. The third-order valence-electron chi connectivity index (χ3n) is 3.44. The molecule has 0 amide bonds. The summed E-state index contributed by atoms with van der Waals surface area (Å²) in [6.45, 7) is 6.29. The first-order valence-electron chi connectivity index (χ1n) is 6.79. The summed E-state index contributed by atoms with van der Waals surface area (Å²) in [6, 6.07) is 8.74. The van der Waals surface area contributed by atoms with Crippen LogP contribution in [0.15, 0.2) is 33.7 Å². The lowest BCUT2D eigenvalue weighted by molar-refractivity contribution is 0.334. The highest BCUT2D eigenvalue weighted by molar-refractivity contribution is 7.98. The lowest BCUT2D eigenvalue weighted by atomic mass is 10.0. The van der Waals surface area contributed by atoms with Gasteiger partial charge in [0.1, 0.15) is 0 Å². The van der Waals surface area contributed by atoms with Gasteiger partial charge in [0.25, 0.3) is 0 Å². The number of nitrogens with one attached hydrogen (secondary N) is 1. The van der Waals surface area contributed by atoms with E-state index in [1.54, 1.807) is 11.8 Å². The van der Waals surface area contributed by atoms with Crippen molar-refractivity contribution in [3.8, 4) is 0 Å². The van der Waals surface area contributed by atoms with Gasteiger partial charge in [-0.15, -0.1) is 11.8 Å². The molecule has 20 heavy (non-hydrogen) atoms. The van der Waals surface area contributed by atoms with Crippen LogP contribution in [0.5, 0.6) is 0 Å². The second-order valence-electron chi connectivity index (χ2n) is 5.02. The Labute approximate surface area is 124 Å². The van der Waals surface area contributed by atoms with E-state index in [2.05, 4.69) is 60.5 Å². The maximum absolute atomic E-state index is 5.35. The molecular weight excluding hydrogens is 270 g/mol. The molecule has 4 nitrogen and oxygen atoms in total. The summed E-state index contributed by atoms with van der Waals surface area (Å²) in [4.78, 5) is 5.71. The molecular formula is C15H21N3OS. The highest BCUT2D eigenvalue weighted by Gasteiger charge is 2.19. The van der Waals surface area contributed by atoms with Gasteiger partial charge in [0.05, 0.1) is 11.7 Å². The van der Waals surface area contributed by atoms with E-state index in [1.807, 2.05) is 7.05 Å². The summed E-state index contributed by atoms with van der Waals surface area (Å²) < 4.78 is 5.35. The molecule has 0 aliphatic carbocycles. The number of benzene rings is 1. The van der Waals surface area contributed by atoms with E-state index in [1.165, 1.54) is 10.5 Å². The molecule has 0 aliphatic rings. The number of aromatic nitrogens is 2. The second kappa shape index (κ2) is 6.90.